The molecule has 4 aromatic rings. The van der Waals surface area contributed by atoms with Crippen molar-refractivity contribution in [1.29, 1.82) is 0 Å². The van der Waals surface area contributed by atoms with E-state index in [1.807, 2.05) is 12.1 Å². The minimum atomic E-state index is -0.887. The summed E-state index contributed by atoms with van der Waals surface area (Å²) < 4.78 is 2.62. The molecule has 0 aliphatic rings. The van der Waals surface area contributed by atoms with Gasteiger partial charge in [0.1, 0.15) is 0 Å². The molecule has 0 atom stereocenters. The van der Waals surface area contributed by atoms with Gasteiger partial charge in [0.2, 0.25) is 0 Å². The Kier molecular flexibility index (Phi) is 2.94. The van der Waals surface area contributed by atoms with E-state index in [9.17, 15) is 4.79 Å². The van der Waals surface area contributed by atoms with Gasteiger partial charge in [-0.2, -0.15) is 0 Å². The van der Waals surface area contributed by atoms with E-state index in [-0.39, 0.29) is 10.5 Å². The molecule has 1 aromatic heterocycles. The molecule has 0 radical (unpaired) electrons. The van der Waals surface area contributed by atoms with Crippen molar-refractivity contribution in [3.05, 3.63) is 78.4 Å². The van der Waals surface area contributed by atoms with E-state index < -0.39 is 5.97 Å². The molecule has 0 saturated carbocycles. The van der Waals surface area contributed by atoms with Crippen LogP contribution in [-0.4, -0.2) is 11.1 Å². The van der Waals surface area contributed by atoms with Gasteiger partial charge in [-0.3, -0.25) is 0 Å². The summed E-state index contributed by atoms with van der Waals surface area (Å²) in [5.74, 6) is -0.887. The lowest BCUT2D eigenvalue weighted by atomic mass is 10.2. The second-order valence-electron chi connectivity index (χ2n) is 5.13. The second-order valence-corrected chi connectivity index (χ2v) is 7.09. The number of rotatable bonds is 2. The van der Waals surface area contributed by atoms with E-state index in [0.717, 1.165) is 4.90 Å². The van der Waals surface area contributed by atoms with Crippen molar-refractivity contribution < 1.29 is 9.90 Å². The van der Waals surface area contributed by atoms with Crippen LogP contribution in [0.4, 0.5) is 0 Å². The maximum Gasteiger partial charge on any atom is 0.335 e. The van der Waals surface area contributed by atoms with Crippen molar-refractivity contribution in [2.75, 3.05) is 0 Å². The summed E-state index contributed by atoms with van der Waals surface area (Å²) in [6.45, 7) is 0. The molecule has 0 unspecified atom stereocenters. The number of benzene rings is 3. The summed E-state index contributed by atoms with van der Waals surface area (Å²) in [7, 11) is -0.155. The molecule has 0 aliphatic heterocycles. The molecule has 22 heavy (non-hydrogen) atoms. The summed E-state index contributed by atoms with van der Waals surface area (Å²) >= 11 is 0. The lowest BCUT2D eigenvalue weighted by molar-refractivity contribution is 0.0697. The summed E-state index contributed by atoms with van der Waals surface area (Å²) in [6.07, 6.45) is 0. The molecule has 2 nitrogen and oxygen atoms in total. The molecule has 3 aromatic carbocycles. The number of thiophene rings is 1. The number of hydrogen-bond donors (Lipinski definition) is 1. The minimum absolute atomic E-state index is 0.155. The number of fused-ring (bicyclic) bond motifs is 3. The zero-order chi connectivity index (χ0) is 15.1. The van der Waals surface area contributed by atoms with E-state index in [4.69, 9.17) is 5.11 Å². The molecule has 0 fully saturated rings. The summed E-state index contributed by atoms with van der Waals surface area (Å²) in [5.41, 5.74) is 0.327. The summed E-state index contributed by atoms with van der Waals surface area (Å²) in [4.78, 5) is 12.2. The standard InChI is InChI=1S/C19H12O2S/c20-19(21)13-9-11-14(12-10-13)22-17-7-3-1-5-15(17)16-6-2-4-8-18(16)22/h1-12H/p+1. The van der Waals surface area contributed by atoms with Crippen LogP contribution in [0.1, 0.15) is 10.4 Å². The molecule has 0 amide bonds. The molecule has 0 saturated heterocycles. The Labute approximate surface area is 130 Å². The van der Waals surface area contributed by atoms with Crippen molar-refractivity contribution in [3.8, 4) is 4.90 Å². The SMILES string of the molecule is O=C(O)c1ccc(-[s+]2c3ccccc3c3ccccc32)cc1. The highest BCUT2D eigenvalue weighted by Gasteiger charge is 2.22. The number of carboxylic acid groups (broad SMARTS) is 1. The molecule has 0 aliphatic carbocycles. The number of hydrogen-bond acceptors (Lipinski definition) is 1. The average Bonchev–Trinajstić information content (AvgIpc) is 2.89. The number of carboxylic acids is 1. The van der Waals surface area contributed by atoms with E-state index >= 15 is 0 Å². The zero-order valence-corrected chi connectivity index (χ0v) is 12.5. The fourth-order valence-electron chi connectivity index (χ4n) is 2.84. The third-order valence-corrected chi connectivity index (χ3v) is 6.18. The Bertz CT molecular complexity index is 944. The first kappa shape index (κ1) is 13.0. The van der Waals surface area contributed by atoms with E-state index in [2.05, 4.69) is 48.5 Å². The normalized spacial score (nSPS) is 11.1. The van der Waals surface area contributed by atoms with Crippen LogP contribution in [0.5, 0.6) is 0 Å². The van der Waals surface area contributed by atoms with Crippen molar-refractivity contribution >= 4 is 36.6 Å². The van der Waals surface area contributed by atoms with Gasteiger partial charge in [0, 0.05) is 21.2 Å². The van der Waals surface area contributed by atoms with Gasteiger partial charge < -0.3 is 5.11 Å². The van der Waals surface area contributed by atoms with E-state index in [1.54, 1.807) is 12.1 Å². The van der Waals surface area contributed by atoms with Crippen LogP contribution < -0.4 is 0 Å². The molecule has 0 spiro atoms. The maximum absolute atomic E-state index is 11.0. The van der Waals surface area contributed by atoms with Crippen LogP contribution in [0.2, 0.25) is 0 Å². The Morgan fingerprint density at radius 1 is 0.727 bits per heavy atom. The van der Waals surface area contributed by atoms with Gasteiger partial charge >= 0.3 is 5.97 Å². The Balaban J connectivity index is 2.06. The summed E-state index contributed by atoms with van der Waals surface area (Å²) in [5, 5.41) is 11.6. The van der Waals surface area contributed by atoms with Crippen molar-refractivity contribution in [2.24, 2.45) is 0 Å². The van der Waals surface area contributed by atoms with Crippen molar-refractivity contribution in [2.45, 2.75) is 0 Å². The maximum atomic E-state index is 11.0. The highest BCUT2D eigenvalue weighted by atomic mass is 32.2. The van der Waals surface area contributed by atoms with Gasteiger partial charge in [0.25, 0.3) is 0 Å². The highest BCUT2D eigenvalue weighted by molar-refractivity contribution is 7.50. The van der Waals surface area contributed by atoms with Crippen LogP contribution in [0.3, 0.4) is 0 Å². The molecule has 3 heteroatoms. The van der Waals surface area contributed by atoms with Crippen LogP contribution in [0.25, 0.3) is 25.1 Å². The fraction of sp³-hybridized carbons (Fsp3) is 0. The third-order valence-electron chi connectivity index (χ3n) is 3.84. The van der Waals surface area contributed by atoms with Crippen LogP contribution >= 0.6 is 10.5 Å². The van der Waals surface area contributed by atoms with Crippen LogP contribution in [0.15, 0.2) is 72.8 Å². The lowest BCUT2D eigenvalue weighted by Gasteiger charge is -1.95. The second kappa shape index (κ2) is 4.97. The first-order chi connectivity index (χ1) is 10.8. The Morgan fingerprint density at radius 2 is 1.23 bits per heavy atom. The fourth-order valence-corrected chi connectivity index (χ4v) is 5.22. The van der Waals surface area contributed by atoms with Crippen molar-refractivity contribution in [3.63, 3.8) is 0 Å². The van der Waals surface area contributed by atoms with E-state index in [0.29, 0.717) is 5.56 Å². The topological polar surface area (TPSA) is 37.3 Å². The predicted octanol–water partition coefficient (Wildman–Crippen LogP) is 5.43. The average molecular weight is 305 g/mol. The predicted molar refractivity (Wildman–Crippen MR) is 92.2 cm³/mol. The third kappa shape index (κ3) is 1.90. The molecular formula is C19H13O2S+. The highest BCUT2D eigenvalue weighted by Crippen LogP contribution is 2.47. The number of carbonyl (C=O) groups is 1. The Hall–Kier alpha value is -2.65. The van der Waals surface area contributed by atoms with Crippen LogP contribution in [0, 0.1) is 0 Å². The first-order valence-electron chi connectivity index (χ1n) is 7.02. The van der Waals surface area contributed by atoms with Gasteiger partial charge in [-0.25, -0.2) is 4.79 Å². The Morgan fingerprint density at radius 3 is 1.73 bits per heavy atom. The first-order valence-corrected chi connectivity index (χ1v) is 8.24. The molecule has 1 heterocycles. The minimum Gasteiger partial charge on any atom is -0.478 e. The molecule has 0 bridgehead atoms. The summed E-state index contributed by atoms with van der Waals surface area (Å²) in [6, 6.07) is 24.2. The largest absolute Gasteiger partial charge is 0.478 e. The lowest BCUT2D eigenvalue weighted by Crippen LogP contribution is -1.94. The molecule has 4 rings (SSSR count). The van der Waals surface area contributed by atoms with Gasteiger partial charge in [0.05, 0.1) is 5.56 Å². The monoisotopic (exact) mass is 305 g/mol. The van der Waals surface area contributed by atoms with Gasteiger partial charge in [0.15, 0.2) is 14.3 Å². The van der Waals surface area contributed by atoms with Gasteiger partial charge in [-0.1, -0.05) is 24.3 Å². The molecule has 106 valence electrons. The molecular weight excluding hydrogens is 292 g/mol. The van der Waals surface area contributed by atoms with E-state index in [1.165, 1.54) is 20.2 Å². The molecule has 1 N–H and O–H groups in total. The van der Waals surface area contributed by atoms with Gasteiger partial charge in [-0.05, 0) is 48.5 Å². The zero-order valence-electron chi connectivity index (χ0n) is 11.7. The number of aromatic carboxylic acids is 1. The quantitative estimate of drug-likeness (QED) is 0.501. The van der Waals surface area contributed by atoms with Crippen LogP contribution in [-0.2, 0) is 0 Å². The van der Waals surface area contributed by atoms with Gasteiger partial charge in [-0.15, -0.1) is 0 Å². The van der Waals surface area contributed by atoms with Crippen molar-refractivity contribution in [1.82, 2.24) is 0 Å². The smallest absolute Gasteiger partial charge is 0.335 e.